The van der Waals surface area contributed by atoms with Crippen molar-refractivity contribution in [1.29, 1.82) is 0 Å². The molecule has 0 aliphatic heterocycles. The predicted octanol–water partition coefficient (Wildman–Crippen LogP) is 0.770. The minimum Gasteiger partial charge on any atom is -0.383 e. The molecule has 0 aliphatic carbocycles. The second kappa shape index (κ2) is 7.62. The number of methoxy groups -OCH3 is 1. The number of nitrogens with two attached hydrogens (primary N) is 1. The number of halogens is 1. The Bertz CT molecular complexity index is 380. The third-order valence-electron chi connectivity index (χ3n) is 2.27. The number of aliphatic imine (C=N–C) groups is 1. The third kappa shape index (κ3) is 5.11. The van der Waals surface area contributed by atoms with Crippen LogP contribution in [0, 0.1) is 5.82 Å². The Hall–Kier alpha value is -1.66. The maximum atomic E-state index is 12.7. The van der Waals surface area contributed by atoms with E-state index in [0.717, 1.165) is 5.56 Å². The summed E-state index contributed by atoms with van der Waals surface area (Å²) in [7, 11) is 1.63. The van der Waals surface area contributed by atoms with Crippen molar-refractivity contribution in [2.24, 2.45) is 10.8 Å². The molecular weight excluding hydrogens is 235 g/mol. The minimum atomic E-state index is -0.258. The summed E-state index contributed by atoms with van der Waals surface area (Å²) in [5.74, 6) is 5.58. The van der Waals surface area contributed by atoms with Crippen LogP contribution in [0.5, 0.6) is 0 Å². The average molecular weight is 254 g/mol. The van der Waals surface area contributed by atoms with Crippen LogP contribution in [0.25, 0.3) is 0 Å². The lowest BCUT2D eigenvalue weighted by molar-refractivity contribution is 0.179. The van der Waals surface area contributed by atoms with Crippen molar-refractivity contribution >= 4 is 5.96 Å². The van der Waals surface area contributed by atoms with E-state index in [4.69, 9.17) is 10.6 Å². The van der Waals surface area contributed by atoms with Gasteiger partial charge in [-0.15, -0.1) is 0 Å². The molecule has 0 spiro atoms. The highest BCUT2D eigenvalue weighted by Crippen LogP contribution is 2.03. The van der Waals surface area contributed by atoms with E-state index in [1.165, 1.54) is 12.1 Å². The number of hydrogen-bond acceptors (Lipinski definition) is 3. The Morgan fingerprint density at radius 3 is 2.67 bits per heavy atom. The van der Waals surface area contributed by atoms with Crippen molar-refractivity contribution in [2.45, 2.75) is 19.5 Å². The number of hydrogen-bond donors (Lipinski definition) is 3. The van der Waals surface area contributed by atoms with Gasteiger partial charge in [0, 0.05) is 13.2 Å². The number of benzene rings is 1. The van der Waals surface area contributed by atoms with Gasteiger partial charge in [0.15, 0.2) is 0 Å². The van der Waals surface area contributed by atoms with E-state index in [1.54, 1.807) is 19.2 Å². The molecule has 0 fully saturated rings. The zero-order chi connectivity index (χ0) is 13.4. The first-order valence-electron chi connectivity index (χ1n) is 5.66. The maximum absolute atomic E-state index is 12.7. The van der Waals surface area contributed by atoms with Crippen molar-refractivity contribution in [3.05, 3.63) is 35.6 Å². The fraction of sp³-hybridized carbons (Fsp3) is 0.417. The number of rotatable bonds is 5. The Balaban J connectivity index is 2.54. The van der Waals surface area contributed by atoms with Gasteiger partial charge >= 0.3 is 0 Å². The number of hydrazine groups is 1. The van der Waals surface area contributed by atoms with Crippen LogP contribution in [0.2, 0.25) is 0 Å². The summed E-state index contributed by atoms with van der Waals surface area (Å²) in [5, 5.41) is 3.06. The SMILES string of the molecule is COCC(C)NC(=NCc1ccc(F)cc1)NN. The standard InChI is InChI=1S/C12H19FN4O/c1-9(8-18-2)16-12(17-14)15-7-10-3-5-11(13)6-4-10/h3-6,9H,7-8,14H2,1-2H3,(H2,15,16,17). The van der Waals surface area contributed by atoms with Gasteiger partial charge in [-0.3, -0.25) is 5.43 Å². The molecule has 0 radical (unpaired) electrons. The summed E-state index contributed by atoms with van der Waals surface area (Å²) in [5.41, 5.74) is 3.39. The molecular formula is C12H19FN4O. The normalized spacial score (nSPS) is 13.2. The van der Waals surface area contributed by atoms with Gasteiger partial charge < -0.3 is 10.1 Å². The van der Waals surface area contributed by atoms with Crippen LogP contribution in [0.3, 0.4) is 0 Å². The molecule has 0 amide bonds. The first kappa shape index (κ1) is 14.4. The van der Waals surface area contributed by atoms with Gasteiger partial charge in [-0.25, -0.2) is 15.2 Å². The molecule has 0 bridgehead atoms. The zero-order valence-corrected chi connectivity index (χ0v) is 10.6. The molecule has 0 aliphatic rings. The van der Waals surface area contributed by atoms with E-state index >= 15 is 0 Å². The summed E-state index contributed by atoms with van der Waals surface area (Å²) < 4.78 is 17.7. The second-order valence-corrected chi connectivity index (χ2v) is 3.94. The van der Waals surface area contributed by atoms with Gasteiger partial charge in [0.05, 0.1) is 13.2 Å². The number of guanidine groups is 1. The van der Waals surface area contributed by atoms with Crippen LogP contribution < -0.4 is 16.6 Å². The van der Waals surface area contributed by atoms with E-state index in [0.29, 0.717) is 19.1 Å². The second-order valence-electron chi connectivity index (χ2n) is 3.94. The minimum absolute atomic E-state index is 0.0954. The third-order valence-corrected chi connectivity index (χ3v) is 2.27. The van der Waals surface area contributed by atoms with E-state index in [-0.39, 0.29) is 11.9 Å². The highest BCUT2D eigenvalue weighted by atomic mass is 19.1. The molecule has 0 heterocycles. The first-order chi connectivity index (χ1) is 8.65. The average Bonchev–Trinajstić information content (AvgIpc) is 2.36. The molecule has 5 nitrogen and oxygen atoms in total. The molecule has 0 saturated heterocycles. The Labute approximate surface area is 106 Å². The summed E-state index contributed by atoms with van der Waals surface area (Å²) in [4.78, 5) is 4.26. The van der Waals surface area contributed by atoms with Gasteiger partial charge in [-0.05, 0) is 24.6 Å². The fourth-order valence-electron chi connectivity index (χ4n) is 1.42. The van der Waals surface area contributed by atoms with Crippen molar-refractivity contribution in [1.82, 2.24) is 10.7 Å². The molecule has 1 rings (SSSR count). The Kier molecular flexibility index (Phi) is 6.10. The van der Waals surface area contributed by atoms with Gasteiger partial charge in [-0.1, -0.05) is 12.1 Å². The Morgan fingerprint density at radius 1 is 1.44 bits per heavy atom. The Morgan fingerprint density at radius 2 is 2.11 bits per heavy atom. The number of nitrogens with one attached hydrogen (secondary N) is 2. The summed E-state index contributed by atoms with van der Waals surface area (Å²) >= 11 is 0. The largest absolute Gasteiger partial charge is 0.383 e. The van der Waals surface area contributed by atoms with Gasteiger partial charge in [0.2, 0.25) is 5.96 Å². The highest BCUT2D eigenvalue weighted by molar-refractivity contribution is 5.79. The number of nitrogens with zero attached hydrogens (tertiary/aromatic N) is 1. The molecule has 1 atom stereocenters. The zero-order valence-electron chi connectivity index (χ0n) is 10.6. The lowest BCUT2D eigenvalue weighted by Crippen LogP contribution is -2.46. The van der Waals surface area contributed by atoms with Crippen LogP contribution in [-0.4, -0.2) is 25.7 Å². The lowest BCUT2D eigenvalue weighted by atomic mass is 10.2. The first-order valence-corrected chi connectivity index (χ1v) is 5.66. The molecule has 0 saturated carbocycles. The summed E-state index contributed by atoms with van der Waals surface area (Å²) in [6.45, 7) is 2.93. The van der Waals surface area contributed by atoms with E-state index < -0.39 is 0 Å². The lowest BCUT2D eigenvalue weighted by Gasteiger charge is -2.15. The quantitative estimate of drug-likeness (QED) is 0.314. The van der Waals surface area contributed by atoms with Crippen molar-refractivity contribution < 1.29 is 9.13 Å². The van der Waals surface area contributed by atoms with E-state index in [2.05, 4.69) is 15.7 Å². The van der Waals surface area contributed by atoms with Crippen LogP contribution in [0.1, 0.15) is 12.5 Å². The van der Waals surface area contributed by atoms with Crippen LogP contribution >= 0.6 is 0 Å². The van der Waals surface area contributed by atoms with Crippen LogP contribution in [0.4, 0.5) is 4.39 Å². The fourth-order valence-corrected chi connectivity index (χ4v) is 1.42. The monoisotopic (exact) mass is 254 g/mol. The van der Waals surface area contributed by atoms with E-state index in [9.17, 15) is 4.39 Å². The summed E-state index contributed by atoms with van der Waals surface area (Å²) in [6, 6.07) is 6.28. The van der Waals surface area contributed by atoms with Gasteiger partial charge in [0.25, 0.3) is 0 Å². The maximum Gasteiger partial charge on any atom is 0.206 e. The van der Waals surface area contributed by atoms with Gasteiger partial charge in [0.1, 0.15) is 5.82 Å². The molecule has 0 aromatic heterocycles. The smallest absolute Gasteiger partial charge is 0.206 e. The molecule has 4 N–H and O–H groups in total. The molecule has 1 aromatic carbocycles. The summed E-state index contributed by atoms with van der Waals surface area (Å²) in [6.07, 6.45) is 0. The molecule has 6 heteroatoms. The molecule has 18 heavy (non-hydrogen) atoms. The van der Waals surface area contributed by atoms with Crippen molar-refractivity contribution in [3.63, 3.8) is 0 Å². The van der Waals surface area contributed by atoms with Crippen LogP contribution in [-0.2, 0) is 11.3 Å². The van der Waals surface area contributed by atoms with Gasteiger partial charge in [-0.2, -0.15) is 0 Å². The molecule has 100 valence electrons. The molecule has 1 aromatic rings. The number of ether oxygens (including phenoxy) is 1. The van der Waals surface area contributed by atoms with Crippen molar-refractivity contribution in [2.75, 3.05) is 13.7 Å². The molecule has 1 unspecified atom stereocenters. The predicted molar refractivity (Wildman–Crippen MR) is 69.3 cm³/mol. The highest BCUT2D eigenvalue weighted by Gasteiger charge is 2.03. The van der Waals surface area contributed by atoms with Crippen molar-refractivity contribution in [3.8, 4) is 0 Å². The topological polar surface area (TPSA) is 71.7 Å². The van der Waals surface area contributed by atoms with E-state index in [1.807, 2.05) is 6.92 Å². The van der Waals surface area contributed by atoms with Crippen LogP contribution in [0.15, 0.2) is 29.3 Å².